The predicted octanol–water partition coefficient (Wildman–Crippen LogP) is 5.71. The largest absolute Gasteiger partial charge is 0.497 e. The third-order valence-electron chi connectivity index (χ3n) is 4.21. The van der Waals surface area contributed by atoms with E-state index in [9.17, 15) is 13.2 Å². The lowest BCUT2D eigenvalue weighted by atomic mass is 10.1. The number of methoxy groups -OCH3 is 1. The lowest BCUT2D eigenvalue weighted by Gasteiger charge is -2.07. The van der Waals surface area contributed by atoms with Crippen molar-refractivity contribution >= 4 is 23.1 Å². The molecule has 0 amide bonds. The minimum Gasteiger partial charge on any atom is -0.497 e. The Hall–Kier alpha value is -2.85. The maximum atomic E-state index is 12.7. The third-order valence-corrected chi connectivity index (χ3v) is 6.12. The topological polar surface area (TPSA) is 52.8 Å². The van der Waals surface area contributed by atoms with Gasteiger partial charge < -0.3 is 4.74 Å². The van der Waals surface area contributed by atoms with Gasteiger partial charge >= 0.3 is 6.18 Å². The summed E-state index contributed by atoms with van der Waals surface area (Å²) in [6.07, 6.45) is -2.71. The number of ether oxygens (including phenoxy) is 1. The molecule has 30 heavy (non-hydrogen) atoms. The maximum Gasteiger partial charge on any atom is 0.416 e. The third kappa shape index (κ3) is 4.49. The highest BCUT2D eigenvalue weighted by atomic mass is 32.2. The molecule has 0 aliphatic carbocycles. The van der Waals surface area contributed by atoms with Crippen molar-refractivity contribution in [3.8, 4) is 22.0 Å². The first-order valence-electron chi connectivity index (χ1n) is 8.73. The Morgan fingerprint density at radius 3 is 2.67 bits per heavy atom. The molecule has 2 aromatic heterocycles. The second kappa shape index (κ2) is 8.49. The van der Waals surface area contributed by atoms with Crippen LogP contribution >= 0.6 is 23.1 Å². The molecule has 2 heterocycles. The van der Waals surface area contributed by atoms with Gasteiger partial charge in [0, 0.05) is 22.8 Å². The summed E-state index contributed by atoms with van der Waals surface area (Å²) in [7, 11) is 1.61. The highest BCUT2D eigenvalue weighted by Crippen LogP contribution is 2.32. The molecule has 0 N–H and O–H groups in total. The van der Waals surface area contributed by atoms with E-state index in [1.165, 1.54) is 35.2 Å². The van der Waals surface area contributed by atoms with Crippen LogP contribution in [0.2, 0.25) is 0 Å². The van der Waals surface area contributed by atoms with Crippen LogP contribution in [0.5, 0.6) is 5.75 Å². The Bertz CT molecular complexity index is 1140. The number of nitrogens with zero attached hydrogens (tertiary/aromatic N) is 4. The average molecular weight is 448 g/mol. The highest BCUT2D eigenvalue weighted by molar-refractivity contribution is 7.98. The molecule has 0 spiro atoms. The van der Waals surface area contributed by atoms with Gasteiger partial charge in [-0.25, -0.2) is 4.98 Å². The predicted molar refractivity (Wildman–Crippen MR) is 110 cm³/mol. The van der Waals surface area contributed by atoms with Gasteiger partial charge in [0.05, 0.1) is 24.1 Å². The summed E-state index contributed by atoms with van der Waals surface area (Å²) >= 11 is 2.87. The van der Waals surface area contributed by atoms with E-state index in [2.05, 4.69) is 15.2 Å². The summed E-state index contributed by atoms with van der Waals surface area (Å²) in [6.45, 7) is 0. The van der Waals surface area contributed by atoms with Crippen LogP contribution in [0.1, 0.15) is 11.3 Å². The number of hydrogen-bond donors (Lipinski definition) is 0. The van der Waals surface area contributed by atoms with E-state index in [1.807, 2.05) is 34.2 Å². The summed E-state index contributed by atoms with van der Waals surface area (Å²) in [5.74, 6) is 1.29. The molecule has 0 radical (unpaired) electrons. The number of rotatable bonds is 6. The van der Waals surface area contributed by atoms with Crippen molar-refractivity contribution in [1.29, 1.82) is 0 Å². The molecule has 154 valence electrons. The van der Waals surface area contributed by atoms with E-state index < -0.39 is 11.7 Å². The molecule has 0 aliphatic heterocycles. The minimum absolute atomic E-state index is 0.555. The van der Waals surface area contributed by atoms with Crippen LogP contribution in [0.15, 0.2) is 65.4 Å². The first-order chi connectivity index (χ1) is 14.4. The summed E-state index contributed by atoms with van der Waals surface area (Å²) in [5, 5.41) is 11.4. The van der Waals surface area contributed by atoms with E-state index in [0.29, 0.717) is 21.5 Å². The van der Waals surface area contributed by atoms with Crippen molar-refractivity contribution in [3.05, 3.63) is 71.5 Å². The molecule has 4 rings (SSSR count). The number of hydrogen-bond acceptors (Lipinski definition) is 6. The summed E-state index contributed by atoms with van der Waals surface area (Å²) < 4.78 is 45.3. The summed E-state index contributed by atoms with van der Waals surface area (Å²) in [6, 6.07) is 12.6. The zero-order valence-electron chi connectivity index (χ0n) is 15.6. The molecule has 0 unspecified atom stereocenters. The van der Waals surface area contributed by atoms with Crippen LogP contribution in [-0.2, 0) is 11.9 Å². The Balaban J connectivity index is 1.46. The molecule has 5 nitrogen and oxygen atoms in total. The van der Waals surface area contributed by atoms with Gasteiger partial charge in [-0.1, -0.05) is 30.0 Å². The first kappa shape index (κ1) is 20.4. The molecule has 10 heteroatoms. The Kier molecular flexibility index (Phi) is 5.78. The lowest BCUT2D eigenvalue weighted by molar-refractivity contribution is -0.137. The monoisotopic (exact) mass is 448 g/mol. The van der Waals surface area contributed by atoms with Gasteiger partial charge in [-0.3, -0.25) is 4.57 Å². The van der Waals surface area contributed by atoms with E-state index in [-0.39, 0.29) is 0 Å². The molecule has 0 aliphatic rings. The molecule has 0 atom stereocenters. The van der Waals surface area contributed by atoms with Gasteiger partial charge in [0.1, 0.15) is 17.1 Å². The van der Waals surface area contributed by atoms with Crippen LogP contribution in [-0.4, -0.2) is 26.9 Å². The fourth-order valence-electron chi connectivity index (χ4n) is 2.71. The second-order valence-electron chi connectivity index (χ2n) is 6.19. The molecule has 0 bridgehead atoms. The van der Waals surface area contributed by atoms with Crippen molar-refractivity contribution in [2.24, 2.45) is 0 Å². The maximum absolute atomic E-state index is 12.7. The molecular weight excluding hydrogens is 433 g/mol. The van der Waals surface area contributed by atoms with Crippen LogP contribution in [0, 0.1) is 0 Å². The zero-order chi connectivity index (χ0) is 21.1. The number of thiazole rings is 1. The molecule has 4 aromatic rings. The Morgan fingerprint density at radius 2 is 1.93 bits per heavy atom. The average Bonchev–Trinajstić information content (AvgIpc) is 3.41. The quantitative estimate of drug-likeness (QED) is 0.354. The SMILES string of the molecule is COc1cccc(-n2cnnc2SCc2csc(-c3ccc(C(F)(F)F)cc3)n2)c1. The molecule has 0 saturated carbocycles. The molecule has 0 fully saturated rings. The second-order valence-corrected chi connectivity index (χ2v) is 7.99. The minimum atomic E-state index is -4.35. The van der Waals surface area contributed by atoms with Gasteiger partial charge in [-0.05, 0) is 24.3 Å². The highest BCUT2D eigenvalue weighted by Gasteiger charge is 2.30. The smallest absolute Gasteiger partial charge is 0.416 e. The van der Waals surface area contributed by atoms with Gasteiger partial charge in [0.2, 0.25) is 0 Å². The van der Waals surface area contributed by atoms with Gasteiger partial charge in [-0.2, -0.15) is 13.2 Å². The normalized spacial score (nSPS) is 11.6. The van der Waals surface area contributed by atoms with Gasteiger partial charge in [0.15, 0.2) is 5.16 Å². The Labute approximate surface area is 178 Å². The zero-order valence-corrected chi connectivity index (χ0v) is 17.3. The molecule has 0 saturated heterocycles. The molecular formula is C20H15F3N4OS2. The van der Waals surface area contributed by atoms with E-state index in [4.69, 9.17) is 4.74 Å². The first-order valence-corrected chi connectivity index (χ1v) is 10.6. The van der Waals surface area contributed by atoms with Crippen molar-refractivity contribution in [2.75, 3.05) is 7.11 Å². The van der Waals surface area contributed by atoms with Gasteiger partial charge in [-0.15, -0.1) is 21.5 Å². The van der Waals surface area contributed by atoms with Crippen LogP contribution in [0.3, 0.4) is 0 Å². The van der Waals surface area contributed by atoms with Crippen molar-refractivity contribution in [1.82, 2.24) is 19.7 Å². The fraction of sp³-hybridized carbons (Fsp3) is 0.150. The summed E-state index contributed by atoms with van der Waals surface area (Å²) in [4.78, 5) is 4.54. The standard InChI is InChI=1S/C20H15F3N4OS2/c1-28-17-4-2-3-16(9-17)27-12-24-26-19(27)30-11-15-10-29-18(25-15)13-5-7-14(8-6-13)20(21,22)23/h2-10,12H,11H2,1H3. The number of halogens is 3. The molecule has 2 aromatic carbocycles. The van der Waals surface area contributed by atoms with E-state index in [0.717, 1.165) is 29.3 Å². The number of benzene rings is 2. The van der Waals surface area contributed by atoms with Crippen LogP contribution < -0.4 is 4.74 Å². The Morgan fingerprint density at radius 1 is 1.13 bits per heavy atom. The van der Waals surface area contributed by atoms with Crippen molar-refractivity contribution in [2.45, 2.75) is 17.1 Å². The van der Waals surface area contributed by atoms with Crippen LogP contribution in [0.25, 0.3) is 16.3 Å². The van der Waals surface area contributed by atoms with E-state index >= 15 is 0 Å². The van der Waals surface area contributed by atoms with Crippen molar-refractivity contribution < 1.29 is 17.9 Å². The summed E-state index contributed by atoms with van der Waals surface area (Å²) in [5.41, 5.74) is 1.69. The van der Waals surface area contributed by atoms with Crippen molar-refractivity contribution in [3.63, 3.8) is 0 Å². The van der Waals surface area contributed by atoms with Gasteiger partial charge in [0.25, 0.3) is 0 Å². The lowest BCUT2D eigenvalue weighted by Crippen LogP contribution is -2.03. The van der Waals surface area contributed by atoms with Crippen LogP contribution in [0.4, 0.5) is 13.2 Å². The fourth-order valence-corrected chi connectivity index (χ4v) is 4.46. The number of aromatic nitrogens is 4. The number of alkyl halides is 3. The number of thioether (sulfide) groups is 1. The van der Waals surface area contributed by atoms with E-state index in [1.54, 1.807) is 13.4 Å².